The molecule has 0 spiro atoms. The minimum absolute atomic E-state index is 0.128. The second kappa shape index (κ2) is 8.55. The van der Waals surface area contributed by atoms with Crippen molar-refractivity contribution in [2.75, 3.05) is 5.32 Å². The van der Waals surface area contributed by atoms with Gasteiger partial charge in [-0.25, -0.2) is 4.79 Å². The lowest BCUT2D eigenvalue weighted by Gasteiger charge is -2.15. The van der Waals surface area contributed by atoms with E-state index in [2.05, 4.69) is 5.32 Å². The number of carbonyl (C=O) groups excluding carboxylic acids is 1. The van der Waals surface area contributed by atoms with Crippen LogP contribution in [-0.4, -0.2) is 17.0 Å². The predicted octanol–water partition coefficient (Wildman–Crippen LogP) is 6.35. The molecule has 1 amide bonds. The van der Waals surface area contributed by atoms with E-state index in [0.29, 0.717) is 27.2 Å². The van der Waals surface area contributed by atoms with Gasteiger partial charge in [-0.1, -0.05) is 23.2 Å². The van der Waals surface area contributed by atoms with Crippen molar-refractivity contribution in [2.24, 2.45) is 0 Å². The third-order valence-electron chi connectivity index (χ3n) is 4.25. The molecule has 0 radical (unpaired) electrons. The highest BCUT2D eigenvalue weighted by atomic mass is 35.5. The SMILES string of the molecule is Cc1cc(Oc2ccc(Cl)cc2C)c(C(=O)Nc2ccc(C(=O)O)cc2)cc1Cl. The molecule has 0 fully saturated rings. The fraction of sp³-hybridized carbons (Fsp3) is 0.0909. The standard InChI is InChI=1S/C22H17Cl2NO4/c1-12-10-20(29-19-8-5-15(23)9-13(19)2)17(11-18(12)24)21(26)25-16-6-3-14(4-7-16)22(27)28/h3-11H,1-2H3,(H,25,26)(H,27,28). The lowest BCUT2D eigenvalue weighted by atomic mass is 10.1. The van der Waals surface area contributed by atoms with E-state index in [1.807, 2.05) is 13.8 Å². The van der Waals surface area contributed by atoms with Crippen molar-refractivity contribution < 1.29 is 19.4 Å². The molecule has 7 heteroatoms. The van der Waals surface area contributed by atoms with Crippen LogP contribution in [0.15, 0.2) is 54.6 Å². The summed E-state index contributed by atoms with van der Waals surface area (Å²) in [6, 6.07) is 14.3. The molecule has 0 unspecified atom stereocenters. The fourth-order valence-electron chi connectivity index (χ4n) is 2.66. The van der Waals surface area contributed by atoms with Gasteiger partial charge >= 0.3 is 5.97 Å². The predicted molar refractivity (Wildman–Crippen MR) is 114 cm³/mol. The van der Waals surface area contributed by atoms with Gasteiger partial charge in [-0.2, -0.15) is 0 Å². The second-order valence-corrected chi connectivity index (χ2v) is 7.29. The first-order chi connectivity index (χ1) is 13.7. The highest BCUT2D eigenvalue weighted by Crippen LogP contribution is 2.33. The average Bonchev–Trinajstić information content (AvgIpc) is 2.67. The van der Waals surface area contributed by atoms with Crippen LogP contribution < -0.4 is 10.1 Å². The highest BCUT2D eigenvalue weighted by Gasteiger charge is 2.17. The molecule has 0 aliphatic carbocycles. The Balaban J connectivity index is 1.92. The van der Waals surface area contributed by atoms with Gasteiger partial charge < -0.3 is 15.2 Å². The van der Waals surface area contributed by atoms with Gasteiger partial charge in [0.05, 0.1) is 11.1 Å². The van der Waals surface area contributed by atoms with Crippen LogP contribution in [0.5, 0.6) is 11.5 Å². The van der Waals surface area contributed by atoms with Crippen molar-refractivity contribution in [3.8, 4) is 11.5 Å². The number of aromatic carboxylic acids is 1. The van der Waals surface area contributed by atoms with Gasteiger partial charge in [-0.3, -0.25) is 4.79 Å². The second-order valence-electron chi connectivity index (χ2n) is 6.45. The number of amides is 1. The molecule has 0 aliphatic heterocycles. The molecule has 2 N–H and O–H groups in total. The first-order valence-corrected chi connectivity index (χ1v) is 9.39. The number of hydrogen-bond acceptors (Lipinski definition) is 3. The molecule has 5 nitrogen and oxygen atoms in total. The summed E-state index contributed by atoms with van der Waals surface area (Å²) in [7, 11) is 0. The van der Waals surface area contributed by atoms with Crippen LogP contribution in [0.25, 0.3) is 0 Å². The number of benzene rings is 3. The first kappa shape index (κ1) is 20.7. The molecular formula is C22H17Cl2NO4. The Labute approximate surface area is 177 Å². The molecule has 3 rings (SSSR count). The summed E-state index contributed by atoms with van der Waals surface area (Å²) >= 11 is 12.2. The lowest BCUT2D eigenvalue weighted by Crippen LogP contribution is -2.13. The summed E-state index contributed by atoms with van der Waals surface area (Å²) < 4.78 is 5.98. The summed E-state index contributed by atoms with van der Waals surface area (Å²) in [4.78, 5) is 23.8. The Morgan fingerprint density at radius 3 is 2.21 bits per heavy atom. The number of nitrogens with one attached hydrogen (secondary N) is 1. The molecular weight excluding hydrogens is 413 g/mol. The van der Waals surface area contributed by atoms with Crippen LogP contribution in [0, 0.1) is 13.8 Å². The van der Waals surface area contributed by atoms with E-state index in [1.54, 1.807) is 30.3 Å². The zero-order valence-corrected chi connectivity index (χ0v) is 17.1. The molecule has 0 heterocycles. The van der Waals surface area contributed by atoms with E-state index in [-0.39, 0.29) is 11.1 Å². The van der Waals surface area contributed by atoms with Crippen molar-refractivity contribution in [1.29, 1.82) is 0 Å². The Kier molecular flexibility index (Phi) is 6.11. The Morgan fingerprint density at radius 2 is 1.59 bits per heavy atom. The van der Waals surface area contributed by atoms with Crippen molar-refractivity contribution in [1.82, 2.24) is 0 Å². The van der Waals surface area contributed by atoms with E-state index in [0.717, 1.165) is 11.1 Å². The topological polar surface area (TPSA) is 75.6 Å². The van der Waals surface area contributed by atoms with Crippen molar-refractivity contribution in [2.45, 2.75) is 13.8 Å². The molecule has 0 bridgehead atoms. The number of hydrogen-bond donors (Lipinski definition) is 2. The Bertz CT molecular complexity index is 1090. The van der Waals surface area contributed by atoms with Gasteiger partial charge in [-0.15, -0.1) is 0 Å². The normalized spacial score (nSPS) is 10.5. The third-order valence-corrected chi connectivity index (χ3v) is 4.89. The average molecular weight is 430 g/mol. The molecule has 0 aromatic heterocycles. The third kappa shape index (κ3) is 4.88. The summed E-state index contributed by atoms with van der Waals surface area (Å²) in [6.45, 7) is 3.67. The number of carboxylic acid groups (broad SMARTS) is 1. The van der Waals surface area contributed by atoms with Crippen molar-refractivity contribution in [3.05, 3.63) is 86.9 Å². The maximum atomic E-state index is 12.9. The molecule has 3 aromatic carbocycles. The number of aryl methyl sites for hydroxylation is 2. The van der Waals surface area contributed by atoms with Gasteiger partial charge in [0.2, 0.25) is 0 Å². The number of carbonyl (C=O) groups is 2. The summed E-state index contributed by atoms with van der Waals surface area (Å²) in [5, 5.41) is 12.7. The Hall–Kier alpha value is -3.02. The largest absolute Gasteiger partial charge is 0.478 e. The van der Waals surface area contributed by atoms with E-state index in [1.165, 1.54) is 24.3 Å². The van der Waals surface area contributed by atoms with Gasteiger partial charge in [-0.05, 0) is 79.6 Å². The summed E-state index contributed by atoms with van der Waals surface area (Å²) in [5.74, 6) is -0.563. The first-order valence-electron chi connectivity index (χ1n) is 8.63. The van der Waals surface area contributed by atoms with Gasteiger partial charge in [0.25, 0.3) is 5.91 Å². The molecule has 0 saturated heterocycles. The summed E-state index contributed by atoms with van der Waals surface area (Å²) in [5.41, 5.74) is 2.41. The minimum Gasteiger partial charge on any atom is -0.478 e. The Morgan fingerprint density at radius 1 is 0.897 bits per heavy atom. The van der Waals surface area contributed by atoms with E-state index in [4.69, 9.17) is 33.0 Å². The van der Waals surface area contributed by atoms with E-state index in [9.17, 15) is 9.59 Å². The van der Waals surface area contributed by atoms with Gasteiger partial charge in [0, 0.05) is 15.7 Å². The smallest absolute Gasteiger partial charge is 0.335 e. The van der Waals surface area contributed by atoms with Crippen LogP contribution in [0.3, 0.4) is 0 Å². The van der Waals surface area contributed by atoms with Crippen LogP contribution in [0.4, 0.5) is 5.69 Å². The zero-order valence-electron chi connectivity index (χ0n) is 15.6. The number of carboxylic acids is 1. The zero-order chi connectivity index (χ0) is 21.1. The fourth-order valence-corrected chi connectivity index (χ4v) is 3.05. The van der Waals surface area contributed by atoms with Crippen LogP contribution >= 0.6 is 23.2 Å². The maximum absolute atomic E-state index is 12.9. The monoisotopic (exact) mass is 429 g/mol. The highest BCUT2D eigenvalue weighted by molar-refractivity contribution is 6.32. The number of rotatable bonds is 5. The molecule has 3 aromatic rings. The molecule has 0 atom stereocenters. The van der Waals surface area contributed by atoms with Gasteiger partial charge in [0.1, 0.15) is 11.5 Å². The lowest BCUT2D eigenvalue weighted by molar-refractivity contribution is 0.0696. The van der Waals surface area contributed by atoms with E-state index < -0.39 is 11.9 Å². The molecule has 148 valence electrons. The van der Waals surface area contributed by atoms with Crippen molar-refractivity contribution >= 4 is 40.8 Å². The number of ether oxygens (including phenoxy) is 1. The van der Waals surface area contributed by atoms with Crippen LogP contribution in [-0.2, 0) is 0 Å². The van der Waals surface area contributed by atoms with E-state index >= 15 is 0 Å². The molecule has 29 heavy (non-hydrogen) atoms. The van der Waals surface area contributed by atoms with Crippen LogP contribution in [0.2, 0.25) is 10.0 Å². The van der Waals surface area contributed by atoms with Crippen molar-refractivity contribution in [3.63, 3.8) is 0 Å². The molecule has 0 aliphatic rings. The van der Waals surface area contributed by atoms with Crippen LogP contribution in [0.1, 0.15) is 31.8 Å². The van der Waals surface area contributed by atoms with Gasteiger partial charge in [0.15, 0.2) is 0 Å². The maximum Gasteiger partial charge on any atom is 0.335 e. The minimum atomic E-state index is -1.04. The molecule has 0 saturated carbocycles. The summed E-state index contributed by atoms with van der Waals surface area (Å²) in [6.07, 6.45) is 0. The number of anilines is 1. The quantitative estimate of drug-likeness (QED) is 0.494. The number of halogens is 2.